The van der Waals surface area contributed by atoms with Crippen LogP contribution in [0.5, 0.6) is 0 Å². The molecule has 80 valence electrons. The number of benzene rings is 1. The number of rotatable bonds is 3. The number of hydrogen-bond donors (Lipinski definition) is 2. The monoisotopic (exact) mass is 246 g/mol. The first-order valence-corrected chi connectivity index (χ1v) is 4.81. The van der Waals surface area contributed by atoms with Gasteiger partial charge in [-0.3, -0.25) is 4.79 Å². The van der Waals surface area contributed by atoms with Crippen molar-refractivity contribution >= 4 is 40.4 Å². The summed E-state index contributed by atoms with van der Waals surface area (Å²) in [5, 5.41) is 2.59. The molecule has 0 bridgehead atoms. The molecule has 0 aromatic heterocycles. The van der Waals surface area contributed by atoms with E-state index in [-0.39, 0.29) is 22.3 Å². The smallest absolute Gasteiger partial charge is 0.231 e. The van der Waals surface area contributed by atoms with Crippen LogP contribution >= 0.6 is 23.8 Å². The molecule has 0 saturated heterocycles. The van der Waals surface area contributed by atoms with Gasteiger partial charge in [0, 0.05) is 0 Å². The van der Waals surface area contributed by atoms with E-state index >= 15 is 0 Å². The van der Waals surface area contributed by atoms with Gasteiger partial charge >= 0.3 is 0 Å². The molecular formula is C9H8ClFN2OS. The molecule has 3 N–H and O–H groups in total. The van der Waals surface area contributed by atoms with Crippen molar-refractivity contribution in [1.82, 2.24) is 0 Å². The molecule has 1 aromatic carbocycles. The molecule has 0 saturated carbocycles. The Balaban J connectivity index is 2.72. The van der Waals surface area contributed by atoms with Gasteiger partial charge in [-0.15, -0.1) is 0 Å². The molecule has 0 spiro atoms. The minimum absolute atomic E-state index is 0.0664. The molecule has 0 aliphatic heterocycles. The number of nitrogens with one attached hydrogen (secondary N) is 1. The average Bonchev–Trinajstić information content (AvgIpc) is 2.08. The van der Waals surface area contributed by atoms with Gasteiger partial charge in [0.15, 0.2) is 0 Å². The third-order valence-electron chi connectivity index (χ3n) is 1.54. The van der Waals surface area contributed by atoms with Crippen LogP contribution in [-0.4, -0.2) is 10.9 Å². The van der Waals surface area contributed by atoms with Crippen LogP contribution in [0.4, 0.5) is 10.1 Å². The van der Waals surface area contributed by atoms with Gasteiger partial charge in [-0.25, -0.2) is 4.39 Å². The van der Waals surface area contributed by atoms with Crippen LogP contribution < -0.4 is 11.1 Å². The lowest BCUT2D eigenvalue weighted by Gasteiger charge is -2.06. The van der Waals surface area contributed by atoms with Crippen LogP contribution in [0.25, 0.3) is 0 Å². The van der Waals surface area contributed by atoms with Gasteiger partial charge in [-0.2, -0.15) is 0 Å². The summed E-state index contributed by atoms with van der Waals surface area (Å²) >= 11 is 10.3. The number of halogens is 2. The Hall–Kier alpha value is -1.20. The lowest BCUT2D eigenvalue weighted by Crippen LogP contribution is -2.20. The number of nitrogens with two attached hydrogens (primary N) is 1. The first-order valence-electron chi connectivity index (χ1n) is 4.02. The second-order valence-corrected chi connectivity index (χ2v) is 3.75. The molecule has 0 aliphatic carbocycles. The summed E-state index contributed by atoms with van der Waals surface area (Å²) in [4.78, 5) is 11.3. The minimum Gasteiger partial charge on any atom is -0.393 e. The predicted octanol–water partition coefficient (Wildman–Crippen LogP) is 2.09. The third-order valence-corrected chi connectivity index (χ3v) is 2.00. The van der Waals surface area contributed by atoms with Crippen molar-refractivity contribution in [2.75, 3.05) is 5.32 Å². The molecular weight excluding hydrogens is 239 g/mol. The zero-order valence-electron chi connectivity index (χ0n) is 7.59. The quantitative estimate of drug-likeness (QED) is 0.803. The van der Waals surface area contributed by atoms with Crippen molar-refractivity contribution in [3.8, 4) is 0 Å². The highest BCUT2D eigenvalue weighted by Crippen LogP contribution is 2.22. The zero-order valence-corrected chi connectivity index (χ0v) is 9.16. The molecule has 1 rings (SSSR count). The van der Waals surface area contributed by atoms with E-state index in [2.05, 4.69) is 17.5 Å². The second-order valence-electron chi connectivity index (χ2n) is 2.82. The van der Waals surface area contributed by atoms with E-state index in [1.54, 1.807) is 0 Å². The molecule has 0 radical (unpaired) electrons. The lowest BCUT2D eigenvalue weighted by atomic mass is 10.3. The second kappa shape index (κ2) is 5.04. The Morgan fingerprint density at radius 2 is 2.27 bits per heavy atom. The third kappa shape index (κ3) is 3.81. The van der Waals surface area contributed by atoms with E-state index in [1.165, 1.54) is 12.1 Å². The van der Waals surface area contributed by atoms with Crippen molar-refractivity contribution in [3.05, 3.63) is 29.0 Å². The van der Waals surface area contributed by atoms with E-state index < -0.39 is 5.82 Å². The summed E-state index contributed by atoms with van der Waals surface area (Å²) < 4.78 is 12.7. The molecule has 0 heterocycles. The van der Waals surface area contributed by atoms with Crippen LogP contribution in [0, 0.1) is 5.82 Å². The molecule has 6 heteroatoms. The van der Waals surface area contributed by atoms with Gasteiger partial charge in [-0.05, 0) is 18.2 Å². The summed E-state index contributed by atoms with van der Waals surface area (Å²) in [5.41, 5.74) is 5.52. The normalized spacial score (nSPS) is 9.73. The van der Waals surface area contributed by atoms with Crippen LogP contribution in [0.1, 0.15) is 6.42 Å². The van der Waals surface area contributed by atoms with E-state index in [9.17, 15) is 9.18 Å². The minimum atomic E-state index is -0.465. The van der Waals surface area contributed by atoms with Crippen LogP contribution in [0.3, 0.4) is 0 Å². The van der Waals surface area contributed by atoms with Crippen molar-refractivity contribution < 1.29 is 9.18 Å². The number of amides is 1. The summed E-state index contributed by atoms with van der Waals surface area (Å²) in [5.74, 6) is -0.844. The van der Waals surface area contributed by atoms with E-state index in [4.69, 9.17) is 17.3 Å². The number of anilines is 1. The van der Waals surface area contributed by atoms with Crippen molar-refractivity contribution in [2.45, 2.75) is 6.42 Å². The Kier molecular flexibility index (Phi) is 3.99. The fourth-order valence-corrected chi connectivity index (χ4v) is 1.29. The Bertz CT molecular complexity index is 411. The van der Waals surface area contributed by atoms with E-state index in [0.717, 1.165) is 6.07 Å². The van der Waals surface area contributed by atoms with Crippen molar-refractivity contribution in [2.24, 2.45) is 5.73 Å². The van der Waals surface area contributed by atoms with E-state index in [1.807, 2.05) is 0 Å². The Morgan fingerprint density at radius 3 is 2.80 bits per heavy atom. The molecule has 0 aliphatic rings. The van der Waals surface area contributed by atoms with Gasteiger partial charge in [0.05, 0.1) is 22.1 Å². The van der Waals surface area contributed by atoms with Crippen LogP contribution in [0.2, 0.25) is 5.02 Å². The van der Waals surface area contributed by atoms with Crippen LogP contribution in [-0.2, 0) is 4.79 Å². The van der Waals surface area contributed by atoms with Crippen molar-refractivity contribution in [3.63, 3.8) is 0 Å². The zero-order chi connectivity index (χ0) is 11.4. The SMILES string of the molecule is NC(=S)CC(=O)Nc1ccc(F)cc1Cl. The maximum Gasteiger partial charge on any atom is 0.231 e. The highest BCUT2D eigenvalue weighted by molar-refractivity contribution is 7.80. The van der Waals surface area contributed by atoms with Crippen molar-refractivity contribution in [1.29, 1.82) is 0 Å². The topological polar surface area (TPSA) is 55.1 Å². The lowest BCUT2D eigenvalue weighted by molar-refractivity contribution is -0.115. The molecule has 0 fully saturated rings. The maximum atomic E-state index is 12.7. The maximum absolute atomic E-state index is 12.7. The van der Waals surface area contributed by atoms with Crippen LogP contribution in [0.15, 0.2) is 18.2 Å². The van der Waals surface area contributed by atoms with Gasteiger partial charge in [-0.1, -0.05) is 23.8 Å². The Morgan fingerprint density at radius 1 is 1.60 bits per heavy atom. The summed E-state index contributed by atoms with van der Waals surface area (Å²) in [6.45, 7) is 0. The number of carbonyl (C=O) groups excluding carboxylic acids is 1. The van der Waals surface area contributed by atoms with Gasteiger partial charge in [0.25, 0.3) is 0 Å². The molecule has 3 nitrogen and oxygen atoms in total. The largest absolute Gasteiger partial charge is 0.393 e. The highest BCUT2D eigenvalue weighted by atomic mass is 35.5. The summed E-state index contributed by atoms with van der Waals surface area (Å²) in [7, 11) is 0. The van der Waals surface area contributed by atoms with Gasteiger partial charge < -0.3 is 11.1 Å². The number of thiocarbonyl (C=S) groups is 1. The molecule has 1 aromatic rings. The van der Waals surface area contributed by atoms with E-state index in [0.29, 0.717) is 5.69 Å². The fourth-order valence-electron chi connectivity index (χ4n) is 0.943. The predicted molar refractivity (Wildman–Crippen MR) is 61.4 cm³/mol. The van der Waals surface area contributed by atoms with Gasteiger partial charge in [0.2, 0.25) is 5.91 Å². The Labute approximate surface area is 96.4 Å². The molecule has 1 amide bonds. The number of hydrogen-bond acceptors (Lipinski definition) is 2. The highest BCUT2D eigenvalue weighted by Gasteiger charge is 2.07. The average molecular weight is 247 g/mol. The van der Waals surface area contributed by atoms with Gasteiger partial charge in [0.1, 0.15) is 5.82 Å². The molecule has 0 unspecified atom stereocenters. The molecule has 0 atom stereocenters. The standard InChI is InChI=1S/C9H8ClFN2OS/c10-6-3-5(11)1-2-7(6)13-9(14)4-8(12)15/h1-3H,4H2,(H2,12,15)(H,13,14). The summed E-state index contributed by atoms with van der Waals surface area (Å²) in [6.07, 6.45) is -0.0664. The number of carbonyl (C=O) groups is 1. The first kappa shape index (κ1) is 11.9. The molecule has 15 heavy (non-hydrogen) atoms. The first-order chi connectivity index (χ1) is 6.99. The summed E-state index contributed by atoms with van der Waals surface area (Å²) in [6, 6.07) is 3.68. The fraction of sp³-hybridized carbons (Fsp3) is 0.111.